The molecule has 0 radical (unpaired) electrons. The lowest BCUT2D eigenvalue weighted by molar-refractivity contribution is 0.0731. The Morgan fingerprint density at radius 3 is 2.32 bits per heavy atom. The Kier molecular flexibility index (Phi) is 4.86. The smallest absolute Gasteiger partial charge is 0.343 e. The molecule has 4 aromatic rings. The molecule has 0 aliphatic heterocycles. The molecule has 0 bridgehead atoms. The Balaban J connectivity index is 1.92. The zero-order valence-electron chi connectivity index (χ0n) is 14.2. The molecular formula is C21H11Cl2NO4. The van der Waals surface area contributed by atoms with Crippen LogP contribution in [0.15, 0.2) is 76.2 Å². The second-order valence-electron chi connectivity index (χ2n) is 5.86. The van der Waals surface area contributed by atoms with E-state index >= 15 is 0 Å². The molecule has 0 fully saturated rings. The SMILES string of the molecule is O=C(Oc1c(-c2ccc(Cl)cc2)oc2ccc(Cl)cc2c1=O)c1ccncc1. The molecule has 28 heavy (non-hydrogen) atoms. The monoisotopic (exact) mass is 411 g/mol. The molecule has 138 valence electrons. The first-order chi connectivity index (χ1) is 13.5. The molecular weight excluding hydrogens is 401 g/mol. The molecule has 0 spiro atoms. The van der Waals surface area contributed by atoms with E-state index in [0.29, 0.717) is 21.2 Å². The van der Waals surface area contributed by atoms with E-state index in [0.717, 1.165) is 0 Å². The third-order valence-corrected chi connectivity index (χ3v) is 4.51. The summed E-state index contributed by atoms with van der Waals surface area (Å²) in [5, 5.41) is 1.10. The van der Waals surface area contributed by atoms with Gasteiger partial charge in [-0.3, -0.25) is 9.78 Å². The zero-order chi connectivity index (χ0) is 19.7. The van der Waals surface area contributed by atoms with E-state index in [1.165, 1.54) is 30.6 Å². The van der Waals surface area contributed by atoms with E-state index in [2.05, 4.69) is 4.98 Å². The minimum absolute atomic E-state index is 0.124. The average Bonchev–Trinajstić information content (AvgIpc) is 2.71. The summed E-state index contributed by atoms with van der Waals surface area (Å²) in [6.45, 7) is 0. The standard InChI is InChI=1S/C21H11Cl2NO4/c22-14-3-1-12(2-4-14)19-20(28-21(26)13-7-9-24-10-8-13)18(25)16-11-15(23)5-6-17(16)27-19/h1-11H. The number of nitrogens with zero attached hydrogens (tertiary/aromatic N) is 1. The van der Waals surface area contributed by atoms with Gasteiger partial charge in [-0.2, -0.15) is 0 Å². The normalized spacial score (nSPS) is 10.8. The fraction of sp³-hybridized carbons (Fsp3) is 0. The Labute approximate surface area is 169 Å². The van der Waals surface area contributed by atoms with Crippen LogP contribution in [-0.4, -0.2) is 11.0 Å². The predicted octanol–water partition coefficient (Wildman–Crippen LogP) is 5.38. The van der Waals surface area contributed by atoms with Crippen molar-refractivity contribution in [1.29, 1.82) is 0 Å². The molecule has 0 aliphatic rings. The van der Waals surface area contributed by atoms with Crippen molar-refractivity contribution in [3.63, 3.8) is 0 Å². The number of benzene rings is 2. The summed E-state index contributed by atoms with van der Waals surface area (Å²) in [4.78, 5) is 29.5. The largest absolute Gasteiger partial charge is 0.452 e. The number of rotatable bonds is 3. The fourth-order valence-corrected chi connectivity index (χ4v) is 2.97. The maximum Gasteiger partial charge on any atom is 0.343 e. The third kappa shape index (κ3) is 3.50. The molecule has 0 unspecified atom stereocenters. The first kappa shape index (κ1) is 18.2. The van der Waals surface area contributed by atoms with Crippen molar-refractivity contribution in [2.45, 2.75) is 0 Å². The van der Waals surface area contributed by atoms with E-state index < -0.39 is 11.4 Å². The van der Waals surface area contributed by atoms with E-state index in [1.54, 1.807) is 36.4 Å². The second kappa shape index (κ2) is 7.46. The molecule has 0 amide bonds. The maximum atomic E-state index is 13.1. The highest BCUT2D eigenvalue weighted by molar-refractivity contribution is 6.31. The minimum Gasteiger partial charge on any atom is -0.452 e. The quantitative estimate of drug-likeness (QED) is 0.423. The number of pyridine rings is 1. The Bertz CT molecular complexity index is 1240. The number of fused-ring (bicyclic) bond motifs is 1. The van der Waals surface area contributed by atoms with Crippen LogP contribution in [0.1, 0.15) is 10.4 Å². The fourth-order valence-electron chi connectivity index (χ4n) is 2.67. The van der Waals surface area contributed by atoms with E-state index in [9.17, 15) is 9.59 Å². The molecule has 4 rings (SSSR count). The summed E-state index contributed by atoms with van der Waals surface area (Å²) < 4.78 is 11.3. The lowest BCUT2D eigenvalue weighted by Gasteiger charge is -2.11. The van der Waals surface area contributed by atoms with Gasteiger partial charge >= 0.3 is 5.97 Å². The lowest BCUT2D eigenvalue weighted by Crippen LogP contribution is -2.16. The van der Waals surface area contributed by atoms with Crippen LogP contribution in [0.4, 0.5) is 0 Å². The van der Waals surface area contributed by atoms with Gasteiger partial charge in [-0.05, 0) is 54.6 Å². The first-order valence-electron chi connectivity index (χ1n) is 8.17. The van der Waals surface area contributed by atoms with Crippen molar-refractivity contribution >= 4 is 40.1 Å². The number of hydrogen-bond acceptors (Lipinski definition) is 5. The number of aromatic nitrogens is 1. The van der Waals surface area contributed by atoms with E-state index in [-0.39, 0.29) is 22.5 Å². The van der Waals surface area contributed by atoms with Crippen molar-refractivity contribution in [1.82, 2.24) is 4.98 Å². The summed E-state index contributed by atoms with van der Waals surface area (Å²) in [6.07, 6.45) is 2.92. The van der Waals surface area contributed by atoms with Crippen LogP contribution in [0.3, 0.4) is 0 Å². The topological polar surface area (TPSA) is 69.4 Å². The van der Waals surface area contributed by atoms with Gasteiger partial charge < -0.3 is 9.15 Å². The van der Waals surface area contributed by atoms with Gasteiger partial charge in [-0.25, -0.2) is 4.79 Å². The molecule has 0 aliphatic carbocycles. The molecule has 0 N–H and O–H groups in total. The Hall–Kier alpha value is -3.15. The van der Waals surface area contributed by atoms with Crippen molar-refractivity contribution in [2.75, 3.05) is 0 Å². The van der Waals surface area contributed by atoms with Gasteiger partial charge in [0.1, 0.15) is 5.58 Å². The molecule has 2 aromatic heterocycles. The Morgan fingerprint density at radius 2 is 1.61 bits per heavy atom. The molecule has 0 saturated carbocycles. The van der Waals surface area contributed by atoms with Crippen LogP contribution in [0.25, 0.3) is 22.3 Å². The Morgan fingerprint density at radius 1 is 0.929 bits per heavy atom. The molecule has 0 saturated heterocycles. The predicted molar refractivity (Wildman–Crippen MR) is 107 cm³/mol. The molecule has 2 heterocycles. The number of carbonyl (C=O) groups excluding carboxylic acids is 1. The van der Waals surface area contributed by atoms with Gasteiger partial charge in [0, 0.05) is 28.0 Å². The number of esters is 1. The van der Waals surface area contributed by atoms with Crippen LogP contribution in [0.5, 0.6) is 5.75 Å². The molecule has 7 heteroatoms. The lowest BCUT2D eigenvalue weighted by atomic mass is 10.1. The van der Waals surface area contributed by atoms with Crippen molar-refractivity contribution in [2.24, 2.45) is 0 Å². The minimum atomic E-state index is -0.703. The van der Waals surface area contributed by atoms with E-state index in [1.807, 2.05) is 0 Å². The summed E-state index contributed by atoms with van der Waals surface area (Å²) in [5.74, 6) is -0.802. The van der Waals surface area contributed by atoms with Gasteiger partial charge in [-0.15, -0.1) is 0 Å². The zero-order valence-corrected chi connectivity index (χ0v) is 15.7. The highest BCUT2D eigenvalue weighted by atomic mass is 35.5. The van der Waals surface area contributed by atoms with Gasteiger partial charge in [0.15, 0.2) is 5.76 Å². The summed E-state index contributed by atoms with van der Waals surface area (Å²) in [6, 6.07) is 14.3. The van der Waals surface area contributed by atoms with Gasteiger partial charge in [-0.1, -0.05) is 23.2 Å². The first-order valence-corrected chi connectivity index (χ1v) is 8.93. The number of carbonyl (C=O) groups is 1. The summed E-state index contributed by atoms with van der Waals surface area (Å²) in [5.41, 5.74) is 0.609. The van der Waals surface area contributed by atoms with Gasteiger partial charge in [0.05, 0.1) is 10.9 Å². The molecule has 5 nitrogen and oxygen atoms in total. The number of hydrogen-bond donors (Lipinski definition) is 0. The van der Waals surface area contributed by atoms with Crippen molar-refractivity contribution in [3.05, 3.63) is 92.8 Å². The number of halogens is 2. The average molecular weight is 412 g/mol. The number of ether oxygens (including phenoxy) is 1. The van der Waals surface area contributed by atoms with Crippen LogP contribution in [0, 0.1) is 0 Å². The summed E-state index contributed by atoms with van der Waals surface area (Å²) >= 11 is 12.0. The third-order valence-electron chi connectivity index (χ3n) is 4.03. The van der Waals surface area contributed by atoms with Gasteiger partial charge in [0.25, 0.3) is 0 Å². The second-order valence-corrected chi connectivity index (χ2v) is 6.74. The van der Waals surface area contributed by atoms with Crippen LogP contribution in [0.2, 0.25) is 10.0 Å². The molecule has 0 atom stereocenters. The van der Waals surface area contributed by atoms with Gasteiger partial charge in [0.2, 0.25) is 11.2 Å². The van der Waals surface area contributed by atoms with E-state index in [4.69, 9.17) is 32.4 Å². The van der Waals surface area contributed by atoms with Crippen molar-refractivity contribution < 1.29 is 13.9 Å². The van der Waals surface area contributed by atoms with Crippen LogP contribution in [-0.2, 0) is 0 Å². The summed E-state index contributed by atoms with van der Waals surface area (Å²) in [7, 11) is 0. The molecule has 2 aromatic carbocycles. The van der Waals surface area contributed by atoms with Crippen LogP contribution < -0.4 is 10.2 Å². The van der Waals surface area contributed by atoms with Crippen molar-refractivity contribution in [3.8, 4) is 17.1 Å². The maximum absolute atomic E-state index is 13.1. The highest BCUT2D eigenvalue weighted by Gasteiger charge is 2.21. The highest BCUT2D eigenvalue weighted by Crippen LogP contribution is 2.32. The van der Waals surface area contributed by atoms with Crippen LogP contribution >= 0.6 is 23.2 Å².